The predicted octanol–water partition coefficient (Wildman–Crippen LogP) is 3.67. The maximum atomic E-state index is 12.1. The number of hydrogen-bond acceptors (Lipinski definition) is 1. The SMILES string of the molecule is CC(C)C(=O)C1C[C@@H](C)C2CCCCC12. The second-order valence-electron chi connectivity index (χ2n) is 5.99. The first-order valence-corrected chi connectivity index (χ1v) is 6.65. The van der Waals surface area contributed by atoms with Crippen LogP contribution < -0.4 is 0 Å². The highest BCUT2D eigenvalue weighted by atomic mass is 16.1. The van der Waals surface area contributed by atoms with E-state index in [2.05, 4.69) is 20.8 Å². The van der Waals surface area contributed by atoms with Crippen molar-refractivity contribution in [1.29, 1.82) is 0 Å². The first-order chi connectivity index (χ1) is 7.11. The smallest absolute Gasteiger partial charge is 0.138 e. The Morgan fingerprint density at radius 1 is 1.13 bits per heavy atom. The van der Waals surface area contributed by atoms with Gasteiger partial charge in [-0.2, -0.15) is 0 Å². The summed E-state index contributed by atoms with van der Waals surface area (Å²) in [4.78, 5) is 12.1. The van der Waals surface area contributed by atoms with E-state index in [1.807, 2.05) is 0 Å². The highest BCUT2D eigenvalue weighted by Crippen LogP contribution is 2.49. The lowest BCUT2D eigenvalue weighted by atomic mass is 9.74. The van der Waals surface area contributed by atoms with E-state index in [1.165, 1.54) is 32.1 Å². The van der Waals surface area contributed by atoms with Crippen LogP contribution in [0.1, 0.15) is 52.9 Å². The molecule has 86 valence electrons. The molecule has 2 aliphatic carbocycles. The minimum atomic E-state index is 0.239. The van der Waals surface area contributed by atoms with Crippen LogP contribution in [-0.4, -0.2) is 5.78 Å². The highest BCUT2D eigenvalue weighted by Gasteiger charge is 2.45. The van der Waals surface area contributed by atoms with Gasteiger partial charge >= 0.3 is 0 Å². The van der Waals surface area contributed by atoms with Gasteiger partial charge in [0.05, 0.1) is 0 Å². The van der Waals surface area contributed by atoms with Crippen molar-refractivity contribution in [3.63, 3.8) is 0 Å². The minimum Gasteiger partial charge on any atom is -0.299 e. The summed E-state index contributed by atoms with van der Waals surface area (Å²) in [6.45, 7) is 6.48. The van der Waals surface area contributed by atoms with Crippen LogP contribution in [0.5, 0.6) is 0 Å². The maximum absolute atomic E-state index is 12.1. The van der Waals surface area contributed by atoms with Crippen LogP contribution in [0.2, 0.25) is 0 Å². The van der Waals surface area contributed by atoms with Crippen LogP contribution in [0.4, 0.5) is 0 Å². The van der Waals surface area contributed by atoms with E-state index >= 15 is 0 Å². The molecule has 3 unspecified atom stereocenters. The maximum Gasteiger partial charge on any atom is 0.138 e. The quantitative estimate of drug-likeness (QED) is 0.676. The first kappa shape index (κ1) is 11.2. The molecule has 1 nitrogen and oxygen atoms in total. The fourth-order valence-corrected chi connectivity index (χ4v) is 3.90. The topological polar surface area (TPSA) is 17.1 Å². The summed E-state index contributed by atoms with van der Waals surface area (Å²) in [5.74, 6) is 3.59. The number of fused-ring (bicyclic) bond motifs is 1. The van der Waals surface area contributed by atoms with Crippen LogP contribution in [0.3, 0.4) is 0 Å². The van der Waals surface area contributed by atoms with Crippen molar-refractivity contribution in [2.75, 3.05) is 0 Å². The summed E-state index contributed by atoms with van der Waals surface area (Å²) >= 11 is 0. The molecule has 0 radical (unpaired) electrons. The second-order valence-corrected chi connectivity index (χ2v) is 5.99. The predicted molar refractivity (Wildman–Crippen MR) is 62.6 cm³/mol. The minimum absolute atomic E-state index is 0.239. The third kappa shape index (κ3) is 1.98. The number of carbonyl (C=O) groups is 1. The Kier molecular flexibility index (Phi) is 3.18. The van der Waals surface area contributed by atoms with Crippen LogP contribution in [0.25, 0.3) is 0 Å². The third-order valence-electron chi connectivity index (χ3n) is 4.68. The second kappa shape index (κ2) is 4.27. The summed E-state index contributed by atoms with van der Waals surface area (Å²) in [6.07, 6.45) is 6.63. The van der Waals surface area contributed by atoms with Crippen molar-refractivity contribution in [2.45, 2.75) is 52.9 Å². The molecule has 0 N–H and O–H groups in total. The molecular weight excluding hydrogens is 184 g/mol. The van der Waals surface area contributed by atoms with Gasteiger partial charge in [0.1, 0.15) is 5.78 Å². The molecule has 2 saturated carbocycles. The van der Waals surface area contributed by atoms with Gasteiger partial charge in [0, 0.05) is 11.8 Å². The number of ketones is 1. The fraction of sp³-hybridized carbons (Fsp3) is 0.929. The van der Waals surface area contributed by atoms with Crippen LogP contribution in [-0.2, 0) is 4.79 Å². The van der Waals surface area contributed by atoms with Crippen LogP contribution in [0, 0.1) is 29.6 Å². The van der Waals surface area contributed by atoms with E-state index < -0.39 is 0 Å². The summed E-state index contributed by atoms with van der Waals surface area (Å²) < 4.78 is 0. The van der Waals surface area contributed by atoms with E-state index in [0.29, 0.717) is 11.7 Å². The van der Waals surface area contributed by atoms with Crippen molar-refractivity contribution in [1.82, 2.24) is 0 Å². The van der Waals surface area contributed by atoms with Crippen molar-refractivity contribution < 1.29 is 4.79 Å². The normalized spacial score (nSPS) is 40.5. The molecule has 0 spiro atoms. The van der Waals surface area contributed by atoms with Gasteiger partial charge in [-0.15, -0.1) is 0 Å². The van der Waals surface area contributed by atoms with Crippen LogP contribution >= 0.6 is 0 Å². The molecule has 0 heterocycles. The Bertz CT molecular complexity index is 244. The number of hydrogen-bond donors (Lipinski definition) is 0. The van der Waals surface area contributed by atoms with E-state index in [9.17, 15) is 4.79 Å². The monoisotopic (exact) mass is 208 g/mol. The molecule has 0 bridgehead atoms. The van der Waals surface area contributed by atoms with E-state index in [-0.39, 0.29) is 5.92 Å². The molecule has 15 heavy (non-hydrogen) atoms. The van der Waals surface area contributed by atoms with Gasteiger partial charge < -0.3 is 0 Å². The summed E-state index contributed by atoms with van der Waals surface area (Å²) in [6, 6.07) is 0. The van der Waals surface area contributed by atoms with E-state index in [4.69, 9.17) is 0 Å². The molecule has 0 aliphatic heterocycles. The van der Waals surface area contributed by atoms with Gasteiger partial charge in [-0.3, -0.25) is 4.79 Å². The highest BCUT2D eigenvalue weighted by molar-refractivity contribution is 5.83. The fourth-order valence-electron chi connectivity index (χ4n) is 3.90. The Morgan fingerprint density at radius 2 is 1.73 bits per heavy atom. The average Bonchev–Trinajstić information content (AvgIpc) is 2.56. The van der Waals surface area contributed by atoms with E-state index in [0.717, 1.165) is 17.8 Å². The molecule has 0 saturated heterocycles. The molecule has 0 aromatic rings. The zero-order valence-electron chi connectivity index (χ0n) is 10.3. The lowest BCUT2D eigenvalue weighted by molar-refractivity contribution is -0.127. The lowest BCUT2D eigenvalue weighted by Gasteiger charge is -2.30. The molecule has 4 atom stereocenters. The molecule has 0 aromatic carbocycles. The Hall–Kier alpha value is -0.330. The standard InChI is InChI=1S/C14H24O/c1-9(2)14(15)13-8-10(3)11-6-4-5-7-12(11)13/h9-13H,4-8H2,1-3H3/t10-,11?,12?,13?/m1/s1. The molecule has 2 fully saturated rings. The zero-order valence-corrected chi connectivity index (χ0v) is 10.3. The van der Waals surface area contributed by atoms with Crippen molar-refractivity contribution >= 4 is 5.78 Å². The summed E-state index contributed by atoms with van der Waals surface area (Å²) in [5.41, 5.74) is 0. The van der Waals surface area contributed by atoms with Gasteiger partial charge in [0.2, 0.25) is 0 Å². The first-order valence-electron chi connectivity index (χ1n) is 6.65. The van der Waals surface area contributed by atoms with Gasteiger partial charge in [-0.05, 0) is 37.0 Å². The molecule has 0 aromatic heterocycles. The summed E-state index contributed by atoms with van der Waals surface area (Å²) in [5, 5.41) is 0. The number of carbonyl (C=O) groups excluding carboxylic acids is 1. The van der Waals surface area contributed by atoms with Gasteiger partial charge in [-0.1, -0.05) is 33.6 Å². The number of Topliss-reactive ketones (excluding diaryl/α,β-unsaturated/α-hetero) is 1. The third-order valence-corrected chi connectivity index (χ3v) is 4.68. The van der Waals surface area contributed by atoms with Gasteiger partial charge in [-0.25, -0.2) is 0 Å². The zero-order chi connectivity index (χ0) is 11.0. The average molecular weight is 208 g/mol. The van der Waals surface area contributed by atoms with E-state index in [1.54, 1.807) is 0 Å². The van der Waals surface area contributed by atoms with Crippen molar-refractivity contribution in [2.24, 2.45) is 29.6 Å². The molecular formula is C14H24O. The van der Waals surface area contributed by atoms with Gasteiger partial charge in [0.15, 0.2) is 0 Å². The Morgan fingerprint density at radius 3 is 2.33 bits per heavy atom. The largest absolute Gasteiger partial charge is 0.299 e. The lowest BCUT2D eigenvalue weighted by Crippen LogP contribution is -2.27. The Balaban J connectivity index is 2.10. The van der Waals surface area contributed by atoms with Crippen LogP contribution in [0.15, 0.2) is 0 Å². The Labute approximate surface area is 93.6 Å². The summed E-state index contributed by atoms with van der Waals surface area (Å²) in [7, 11) is 0. The molecule has 2 aliphatic rings. The molecule has 1 heteroatoms. The van der Waals surface area contributed by atoms with Crippen molar-refractivity contribution in [3.05, 3.63) is 0 Å². The molecule has 0 amide bonds. The van der Waals surface area contributed by atoms with Gasteiger partial charge in [0.25, 0.3) is 0 Å². The number of rotatable bonds is 2. The molecule has 2 rings (SSSR count). The van der Waals surface area contributed by atoms with Crippen molar-refractivity contribution in [3.8, 4) is 0 Å².